The van der Waals surface area contributed by atoms with Gasteiger partial charge in [-0.15, -0.1) is 0 Å². The smallest absolute Gasteiger partial charge is 0.0416 e. The van der Waals surface area contributed by atoms with Gasteiger partial charge in [0.15, 0.2) is 0 Å². The number of aryl methyl sites for hydroxylation is 1. The van der Waals surface area contributed by atoms with Crippen LogP contribution in [0.3, 0.4) is 0 Å². The van der Waals surface area contributed by atoms with Crippen molar-refractivity contribution in [1.29, 1.82) is 0 Å². The third-order valence-corrected chi connectivity index (χ3v) is 3.22. The van der Waals surface area contributed by atoms with Gasteiger partial charge in [0, 0.05) is 24.1 Å². The Balaban J connectivity index is 1.76. The highest BCUT2D eigenvalue weighted by atomic mass is 14.9. The molecular weight excluding hydrogens is 232 g/mol. The molecule has 19 heavy (non-hydrogen) atoms. The van der Waals surface area contributed by atoms with E-state index in [1.807, 2.05) is 19.2 Å². The lowest BCUT2D eigenvalue weighted by Gasteiger charge is -2.07. The minimum atomic E-state index is 0.797. The summed E-state index contributed by atoms with van der Waals surface area (Å²) >= 11 is 0. The number of benzene rings is 2. The molecule has 0 fully saturated rings. The SMILES string of the molecule is Cc1ccc(CNc2ccc3ccccc3c2)cn1. The second-order valence-electron chi connectivity index (χ2n) is 4.72. The molecule has 0 bridgehead atoms. The average Bonchev–Trinajstić information content (AvgIpc) is 2.46. The van der Waals surface area contributed by atoms with Gasteiger partial charge in [-0.1, -0.05) is 36.4 Å². The molecule has 2 nitrogen and oxygen atoms in total. The van der Waals surface area contributed by atoms with Crippen molar-refractivity contribution in [3.8, 4) is 0 Å². The van der Waals surface area contributed by atoms with Crippen LogP contribution in [0.4, 0.5) is 5.69 Å². The lowest BCUT2D eigenvalue weighted by Crippen LogP contribution is -1.99. The van der Waals surface area contributed by atoms with Crippen LogP contribution in [0.1, 0.15) is 11.3 Å². The third-order valence-electron chi connectivity index (χ3n) is 3.22. The van der Waals surface area contributed by atoms with E-state index in [2.05, 4.69) is 58.8 Å². The van der Waals surface area contributed by atoms with Crippen LogP contribution in [0.5, 0.6) is 0 Å². The van der Waals surface area contributed by atoms with Crippen LogP contribution in [-0.2, 0) is 6.54 Å². The molecule has 3 rings (SSSR count). The van der Waals surface area contributed by atoms with Gasteiger partial charge >= 0.3 is 0 Å². The van der Waals surface area contributed by atoms with E-state index >= 15 is 0 Å². The average molecular weight is 248 g/mol. The Labute approximate surface area is 113 Å². The monoisotopic (exact) mass is 248 g/mol. The van der Waals surface area contributed by atoms with Gasteiger partial charge in [-0.3, -0.25) is 4.98 Å². The highest BCUT2D eigenvalue weighted by molar-refractivity contribution is 5.85. The standard InChI is InChI=1S/C17H16N2/c1-13-6-7-14(11-18-13)12-19-17-9-8-15-4-2-3-5-16(15)10-17/h2-11,19H,12H2,1H3. The van der Waals surface area contributed by atoms with Crippen LogP contribution in [0, 0.1) is 6.92 Å². The Morgan fingerprint density at radius 2 is 1.79 bits per heavy atom. The molecule has 3 aromatic rings. The Bertz CT molecular complexity index is 687. The molecule has 0 radical (unpaired) electrons. The number of rotatable bonds is 3. The molecule has 0 saturated heterocycles. The van der Waals surface area contributed by atoms with Crippen LogP contribution in [-0.4, -0.2) is 4.98 Å². The maximum Gasteiger partial charge on any atom is 0.0416 e. The molecule has 2 heteroatoms. The molecule has 0 atom stereocenters. The van der Waals surface area contributed by atoms with Gasteiger partial charge < -0.3 is 5.32 Å². The number of aromatic nitrogens is 1. The van der Waals surface area contributed by atoms with E-state index in [0.717, 1.165) is 17.9 Å². The quantitative estimate of drug-likeness (QED) is 0.753. The summed E-state index contributed by atoms with van der Waals surface area (Å²) in [6.45, 7) is 2.80. The Hall–Kier alpha value is -2.35. The summed E-state index contributed by atoms with van der Waals surface area (Å²) in [6.07, 6.45) is 1.92. The summed E-state index contributed by atoms with van der Waals surface area (Å²) in [5, 5.41) is 5.96. The first-order valence-electron chi connectivity index (χ1n) is 6.45. The minimum Gasteiger partial charge on any atom is -0.381 e. The van der Waals surface area contributed by atoms with E-state index in [9.17, 15) is 0 Å². The van der Waals surface area contributed by atoms with Crippen LogP contribution in [0.15, 0.2) is 60.8 Å². The lowest BCUT2D eigenvalue weighted by atomic mass is 10.1. The molecule has 2 aromatic carbocycles. The van der Waals surface area contributed by atoms with Gasteiger partial charge in [0.25, 0.3) is 0 Å². The van der Waals surface area contributed by atoms with Crippen molar-refractivity contribution in [3.63, 3.8) is 0 Å². The number of hydrogen-bond donors (Lipinski definition) is 1. The number of fused-ring (bicyclic) bond motifs is 1. The molecule has 0 spiro atoms. The summed E-state index contributed by atoms with van der Waals surface area (Å²) in [5.41, 5.74) is 3.38. The molecule has 0 amide bonds. The first kappa shape index (κ1) is 11.7. The van der Waals surface area contributed by atoms with E-state index < -0.39 is 0 Å². The van der Waals surface area contributed by atoms with Gasteiger partial charge in [-0.25, -0.2) is 0 Å². The van der Waals surface area contributed by atoms with Crippen molar-refractivity contribution in [3.05, 3.63) is 72.1 Å². The fraction of sp³-hybridized carbons (Fsp3) is 0.118. The van der Waals surface area contributed by atoms with Crippen molar-refractivity contribution in [1.82, 2.24) is 4.98 Å². The fourth-order valence-corrected chi connectivity index (χ4v) is 2.11. The first-order valence-corrected chi connectivity index (χ1v) is 6.45. The van der Waals surface area contributed by atoms with E-state index in [-0.39, 0.29) is 0 Å². The van der Waals surface area contributed by atoms with Crippen molar-refractivity contribution in [2.75, 3.05) is 5.32 Å². The van der Waals surface area contributed by atoms with Crippen LogP contribution < -0.4 is 5.32 Å². The van der Waals surface area contributed by atoms with Crippen LogP contribution in [0.25, 0.3) is 10.8 Å². The number of pyridine rings is 1. The summed E-state index contributed by atoms with van der Waals surface area (Å²) in [4.78, 5) is 4.30. The van der Waals surface area contributed by atoms with Crippen molar-refractivity contribution in [2.45, 2.75) is 13.5 Å². The maximum absolute atomic E-state index is 4.30. The van der Waals surface area contributed by atoms with Crippen molar-refractivity contribution >= 4 is 16.5 Å². The van der Waals surface area contributed by atoms with Crippen molar-refractivity contribution < 1.29 is 0 Å². The van der Waals surface area contributed by atoms with Gasteiger partial charge in [0.1, 0.15) is 0 Å². The lowest BCUT2D eigenvalue weighted by molar-refractivity contribution is 1.09. The first-order chi connectivity index (χ1) is 9.31. The van der Waals surface area contributed by atoms with Crippen LogP contribution >= 0.6 is 0 Å². The normalized spacial score (nSPS) is 10.6. The van der Waals surface area contributed by atoms with E-state index in [0.29, 0.717) is 0 Å². The number of hydrogen-bond acceptors (Lipinski definition) is 2. The highest BCUT2D eigenvalue weighted by Gasteiger charge is 1.97. The summed E-state index contributed by atoms with van der Waals surface area (Å²) in [7, 11) is 0. The number of anilines is 1. The largest absolute Gasteiger partial charge is 0.381 e. The van der Waals surface area contributed by atoms with E-state index in [4.69, 9.17) is 0 Å². The maximum atomic E-state index is 4.30. The van der Waals surface area contributed by atoms with Gasteiger partial charge in [0.05, 0.1) is 0 Å². The Morgan fingerprint density at radius 3 is 2.58 bits per heavy atom. The zero-order valence-electron chi connectivity index (χ0n) is 10.9. The van der Waals surface area contributed by atoms with E-state index in [1.165, 1.54) is 16.3 Å². The summed E-state index contributed by atoms with van der Waals surface area (Å²) in [5.74, 6) is 0. The predicted molar refractivity (Wildman–Crippen MR) is 80.2 cm³/mol. The topological polar surface area (TPSA) is 24.9 Å². The third kappa shape index (κ3) is 2.74. The number of nitrogens with one attached hydrogen (secondary N) is 1. The molecule has 0 aliphatic heterocycles. The second kappa shape index (κ2) is 5.11. The summed E-state index contributed by atoms with van der Waals surface area (Å²) < 4.78 is 0. The van der Waals surface area contributed by atoms with Gasteiger partial charge in [-0.2, -0.15) is 0 Å². The molecule has 1 heterocycles. The molecule has 94 valence electrons. The predicted octanol–water partition coefficient (Wildman–Crippen LogP) is 4.16. The minimum absolute atomic E-state index is 0.797. The van der Waals surface area contributed by atoms with Gasteiger partial charge in [-0.05, 0) is 41.5 Å². The zero-order chi connectivity index (χ0) is 13.1. The fourth-order valence-electron chi connectivity index (χ4n) is 2.11. The second-order valence-corrected chi connectivity index (χ2v) is 4.72. The summed E-state index contributed by atoms with van der Waals surface area (Å²) in [6, 6.07) is 19.0. The van der Waals surface area contributed by atoms with Gasteiger partial charge in [0.2, 0.25) is 0 Å². The van der Waals surface area contributed by atoms with Crippen LogP contribution in [0.2, 0.25) is 0 Å². The molecule has 0 saturated carbocycles. The molecule has 0 aliphatic rings. The molecule has 0 aliphatic carbocycles. The Kier molecular flexibility index (Phi) is 3.15. The highest BCUT2D eigenvalue weighted by Crippen LogP contribution is 2.19. The molecule has 1 N–H and O–H groups in total. The van der Waals surface area contributed by atoms with Crippen molar-refractivity contribution in [2.24, 2.45) is 0 Å². The Morgan fingerprint density at radius 1 is 0.947 bits per heavy atom. The molecule has 1 aromatic heterocycles. The molecular formula is C17H16N2. The van der Waals surface area contributed by atoms with E-state index in [1.54, 1.807) is 0 Å². The molecule has 0 unspecified atom stereocenters. The number of nitrogens with zero attached hydrogens (tertiary/aromatic N) is 1. The zero-order valence-corrected chi connectivity index (χ0v) is 10.9.